The summed E-state index contributed by atoms with van der Waals surface area (Å²) in [6.07, 6.45) is 15.9. The molecule has 0 radical (unpaired) electrons. The Hall–Kier alpha value is -3.02. The second-order valence-electron chi connectivity index (χ2n) is 19.8. The number of fused-ring (bicyclic) bond motifs is 6. The van der Waals surface area contributed by atoms with Crippen LogP contribution in [0.4, 0.5) is 9.59 Å². The van der Waals surface area contributed by atoms with Crippen LogP contribution < -0.4 is 21.3 Å². The van der Waals surface area contributed by atoms with Gasteiger partial charge < -0.3 is 21.3 Å². The number of rotatable bonds is 13. The highest BCUT2D eigenvalue weighted by atomic mass is 16.2. The number of benzene rings is 2. The second kappa shape index (κ2) is 16.6. The van der Waals surface area contributed by atoms with Crippen molar-refractivity contribution in [3.63, 3.8) is 0 Å². The number of amides is 4. The van der Waals surface area contributed by atoms with Crippen molar-refractivity contribution in [1.29, 1.82) is 0 Å². The van der Waals surface area contributed by atoms with Gasteiger partial charge in [0.2, 0.25) is 0 Å². The molecule has 6 atom stereocenters. The molecule has 298 valence electrons. The predicted octanol–water partition coefficient (Wildman–Crippen LogP) is 10.8. The van der Waals surface area contributed by atoms with Gasteiger partial charge in [-0.05, 0) is 143 Å². The highest BCUT2D eigenvalue weighted by molar-refractivity contribution is 5.74. The van der Waals surface area contributed by atoms with Crippen LogP contribution in [0.3, 0.4) is 0 Å². The van der Waals surface area contributed by atoms with Gasteiger partial charge in [0.25, 0.3) is 0 Å². The van der Waals surface area contributed by atoms with Crippen LogP contribution in [0.15, 0.2) is 36.4 Å². The van der Waals surface area contributed by atoms with E-state index in [-0.39, 0.29) is 33.7 Å². The minimum Gasteiger partial charge on any atom is -0.338 e. The molecule has 0 aromatic heterocycles. The van der Waals surface area contributed by atoms with Crippen molar-refractivity contribution in [3.05, 3.63) is 69.8 Å². The smallest absolute Gasteiger partial charge is 0.314 e. The number of carbonyl (C=O) groups excluding carboxylic acids is 2. The number of urea groups is 2. The summed E-state index contributed by atoms with van der Waals surface area (Å²) in [4.78, 5) is 25.8. The van der Waals surface area contributed by atoms with E-state index >= 15 is 0 Å². The van der Waals surface area contributed by atoms with Crippen LogP contribution in [0, 0.1) is 22.7 Å². The minimum atomic E-state index is -0.0377. The predicted molar refractivity (Wildman–Crippen MR) is 225 cm³/mol. The molecule has 0 bridgehead atoms. The van der Waals surface area contributed by atoms with Gasteiger partial charge >= 0.3 is 12.1 Å². The molecule has 4 N–H and O–H groups in total. The number of aryl methyl sites for hydroxylation is 2. The first-order valence-corrected chi connectivity index (χ1v) is 22.0. The Balaban J connectivity index is 0.860. The molecular formula is C48H74N4O2. The van der Waals surface area contributed by atoms with Gasteiger partial charge in [0.15, 0.2) is 0 Å². The number of hydrogen-bond donors (Lipinski definition) is 4. The van der Waals surface area contributed by atoms with Crippen molar-refractivity contribution in [1.82, 2.24) is 21.3 Å². The van der Waals surface area contributed by atoms with E-state index in [9.17, 15) is 9.59 Å². The van der Waals surface area contributed by atoms with Crippen molar-refractivity contribution in [2.24, 2.45) is 22.7 Å². The third-order valence-electron chi connectivity index (χ3n) is 15.3. The summed E-state index contributed by atoms with van der Waals surface area (Å²) < 4.78 is 0. The summed E-state index contributed by atoms with van der Waals surface area (Å²) in [6.45, 7) is 21.8. The van der Waals surface area contributed by atoms with Crippen molar-refractivity contribution in [2.75, 3.05) is 26.2 Å². The lowest BCUT2D eigenvalue weighted by atomic mass is 9.49. The molecule has 4 amide bonds. The van der Waals surface area contributed by atoms with E-state index in [1.165, 1.54) is 62.5 Å². The summed E-state index contributed by atoms with van der Waals surface area (Å²) in [5.41, 5.74) is 9.69. The molecule has 2 fully saturated rings. The number of hydrogen-bond acceptors (Lipinski definition) is 2. The van der Waals surface area contributed by atoms with Crippen molar-refractivity contribution >= 4 is 12.1 Å². The lowest BCUT2D eigenvalue weighted by Crippen LogP contribution is -2.54. The molecule has 0 aliphatic heterocycles. The zero-order chi connectivity index (χ0) is 38.7. The number of carbonyl (C=O) groups is 2. The summed E-state index contributed by atoms with van der Waals surface area (Å²) in [6, 6.07) is 14.4. The second-order valence-corrected chi connectivity index (χ2v) is 19.8. The molecule has 0 saturated heterocycles. The van der Waals surface area contributed by atoms with Crippen LogP contribution in [-0.2, 0) is 23.7 Å². The average molecular weight is 739 g/mol. The quantitative estimate of drug-likeness (QED) is 0.154. The largest absolute Gasteiger partial charge is 0.338 e. The Labute approximate surface area is 328 Å². The van der Waals surface area contributed by atoms with E-state index in [4.69, 9.17) is 0 Å². The normalized spacial score (nSPS) is 30.1. The molecule has 6 unspecified atom stereocenters. The summed E-state index contributed by atoms with van der Waals surface area (Å²) in [5, 5.41) is 12.8. The minimum absolute atomic E-state index is 0.0377. The maximum atomic E-state index is 12.9. The highest BCUT2D eigenvalue weighted by Crippen LogP contribution is 2.58. The van der Waals surface area contributed by atoms with Gasteiger partial charge in [-0.2, -0.15) is 0 Å². The van der Waals surface area contributed by atoms with E-state index in [0.29, 0.717) is 36.8 Å². The summed E-state index contributed by atoms with van der Waals surface area (Å²) in [5.74, 6) is 2.27. The lowest BCUT2D eigenvalue weighted by Gasteiger charge is -2.55. The van der Waals surface area contributed by atoms with Gasteiger partial charge in [-0.3, -0.25) is 0 Å². The van der Waals surface area contributed by atoms with Crippen LogP contribution >= 0.6 is 0 Å². The molecule has 2 aromatic carbocycles. The average Bonchev–Trinajstić information content (AvgIpc) is 3.13. The standard InChI is InChI=1S/C48H74N4O2/c1-33(2)35-15-19-39-37(29-35)17-21-41-45(5,23-13-25-47(39,41)7)31-51-43(53)49-27-11-9-10-12-28-50-44(54)52-32-46(6)24-14-26-48(8)40-20-16-36(34(3)4)30-38(40)18-22-42(46)48/h15-16,19-20,29-30,33-34,41-42H,9-14,17-18,21-28,31-32H2,1-8H3,(H2,49,51,53)(H2,50,52,54). The van der Waals surface area contributed by atoms with Crippen molar-refractivity contribution < 1.29 is 9.59 Å². The van der Waals surface area contributed by atoms with Gasteiger partial charge in [-0.15, -0.1) is 0 Å². The van der Waals surface area contributed by atoms with E-state index in [1.54, 1.807) is 22.3 Å². The lowest BCUT2D eigenvalue weighted by molar-refractivity contribution is 0.0277. The Kier molecular flexibility index (Phi) is 12.5. The molecule has 6 rings (SSSR count). The molecule has 0 spiro atoms. The zero-order valence-electron chi connectivity index (χ0n) is 35.3. The monoisotopic (exact) mass is 739 g/mol. The van der Waals surface area contributed by atoms with E-state index in [1.807, 2.05) is 0 Å². The number of nitrogens with one attached hydrogen (secondary N) is 4. The molecule has 6 nitrogen and oxygen atoms in total. The summed E-state index contributed by atoms with van der Waals surface area (Å²) >= 11 is 0. The van der Waals surface area contributed by atoms with Gasteiger partial charge in [-0.1, -0.05) is 117 Å². The van der Waals surface area contributed by atoms with Crippen molar-refractivity contribution in [3.8, 4) is 0 Å². The maximum Gasteiger partial charge on any atom is 0.314 e. The number of unbranched alkanes of at least 4 members (excludes halogenated alkanes) is 3. The molecule has 54 heavy (non-hydrogen) atoms. The van der Waals surface area contributed by atoms with E-state index in [2.05, 4.69) is 113 Å². The zero-order valence-corrected chi connectivity index (χ0v) is 35.3. The molecule has 2 saturated carbocycles. The molecule has 4 aliphatic rings. The first-order valence-electron chi connectivity index (χ1n) is 22.0. The van der Waals surface area contributed by atoms with Crippen LogP contribution in [0.5, 0.6) is 0 Å². The fraction of sp³-hybridized carbons (Fsp3) is 0.708. The topological polar surface area (TPSA) is 82.3 Å². The summed E-state index contributed by atoms with van der Waals surface area (Å²) in [7, 11) is 0. The molecule has 6 heteroatoms. The maximum absolute atomic E-state index is 12.9. The Morgan fingerprint density at radius 2 is 1.00 bits per heavy atom. The van der Waals surface area contributed by atoms with Gasteiger partial charge in [0.1, 0.15) is 0 Å². The van der Waals surface area contributed by atoms with Crippen LogP contribution in [0.2, 0.25) is 0 Å². The molecule has 2 aromatic rings. The van der Waals surface area contributed by atoms with Crippen molar-refractivity contribution in [2.45, 2.75) is 168 Å². The molecule has 4 aliphatic carbocycles. The fourth-order valence-electron chi connectivity index (χ4n) is 12.1. The van der Waals surface area contributed by atoms with Gasteiger partial charge in [-0.25, -0.2) is 9.59 Å². The fourth-order valence-corrected chi connectivity index (χ4v) is 12.1. The Bertz CT molecular complexity index is 1510. The van der Waals surface area contributed by atoms with Gasteiger partial charge in [0.05, 0.1) is 0 Å². The van der Waals surface area contributed by atoms with Crippen LogP contribution in [0.1, 0.15) is 178 Å². The highest BCUT2D eigenvalue weighted by Gasteiger charge is 2.53. The van der Waals surface area contributed by atoms with E-state index in [0.717, 1.165) is 51.6 Å². The first-order chi connectivity index (χ1) is 25.7. The van der Waals surface area contributed by atoms with Crippen LogP contribution in [0.25, 0.3) is 0 Å². The van der Waals surface area contributed by atoms with Gasteiger partial charge in [0, 0.05) is 26.2 Å². The third kappa shape index (κ3) is 8.38. The van der Waals surface area contributed by atoms with E-state index < -0.39 is 0 Å². The Morgan fingerprint density at radius 1 is 0.593 bits per heavy atom. The third-order valence-corrected chi connectivity index (χ3v) is 15.3. The first kappa shape index (κ1) is 40.6. The Morgan fingerprint density at radius 3 is 1.39 bits per heavy atom. The van der Waals surface area contributed by atoms with Crippen LogP contribution in [-0.4, -0.2) is 38.2 Å². The SMILES string of the molecule is CC(C)c1ccc2c(c1)CCC1C(C)(CNC(=O)NCCCCCCNC(=O)NCC3(C)CCCC4(C)c5ccc(C(C)C)cc5CCC34)CCCC21C. The molecular weight excluding hydrogens is 665 g/mol. The molecule has 0 heterocycles.